The van der Waals surface area contributed by atoms with E-state index >= 15 is 0 Å². The van der Waals surface area contributed by atoms with E-state index in [1.807, 2.05) is 0 Å². The summed E-state index contributed by atoms with van der Waals surface area (Å²) >= 11 is 0. The van der Waals surface area contributed by atoms with Crippen LogP contribution >= 0.6 is 0 Å². The molecule has 0 aromatic carbocycles. The van der Waals surface area contributed by atoms with Crippen LogP contribution in [0.15, 0.2) is 0 Å². The molecule has 0 bridgehead atoms. The fraction of sp³-hybridized carbons (Fsp3) is 0.923. The van der Waals surface area contributed by atoms with Gasteiger partial charge < -0.3 is 23.4 Å². The van der Waals surface area contributed by atoms with Crippen LogP contribution in [-0.4, -0.2) is 23.1 Å². The molecule has 1 aliphatic carbocycles. The third-order valence-corrected chi connectivity index (χ3v) is 3.31. The maximum atomic E-state index is 2.66. The summed E-state index contributed by atoms with van der Waals surface area (Å²) < 4.78 is 0. The van der Waals surface area contributed by atoms with Gasteiger partial charge in [0, 0.05) is 0 Å². The van der Waals surface area contributed by atoms with Crippen molar-refractivity contribution in [2.75, 3.05) is 0 Å². The van der Waals surface area contributed by atoms with Gasteiger partial charge in [0.1, 0.15) is 0 Å². The second-order valence-corrected chi connectivity index (χ2v) is 4.57. The van der Waals surface area contributed by atoms with E-state index in [0.717, 1.165) is 11.8 Å². The van der Waals surface area contributed by atoms with E-state index in [-0.39, 0.29) is 40.0 Å². The van der Waals surface area contributed by atoms with E-state index in [1.165, 1.54) is 51.4 Å². The molecule has 0 nitrogen and oxygen atoms in total. The van der Waals surface area contributed by atoms with Crippen LogP contribution in [-0.2, 0) is 0 Å². The zero-order valence-corrected chi connectivity index (χ0v) is 13.5. The molecule has 0 N–H and O–H groups in total. The number of halogens is 1. The van der Waals surface area contributed by atoms with Gasteiger partial charge in [0.25, 0.3) is 0 Å². The molecule has 1 aliphatic rings. The Hall–Kier alpha value is 1.25. The van der Waals surface area contributed by atoms with E-state index in [4.69, 9.17) is 0 Å². The molecule has 86 valence electrons. The summed E-state index contributed by atoms with van der Waals surface area (Å²) in [5.41, 5.74) is 0. The van der Waals surface area contributed by atoms with E-state index in [9.17, 15) is 0 Å². The quantitative estimate of drug-likeness (QED) is 0.508. The fourth-order valence-corrected chi connectivity index (χ4v) is 2.42. The third-order valence-electron chi connectivity index (χ3n) is 3.31. The van der Waals surface area contributed by atoms with Crippen molar-refractivity contribution < 1.29 is 17.0 Å². The van der Waals surface area contributed by atoms with Crippen LogP contribution in [0.25, 0.3) is 0 Å². The van der Waals surface area contributed by atoms with Crippen LogP contribution in [0.5, 0.6) is 0 Å². The maximum absolute atomic E-state index is 2.66. The molecule has 0 spiro atoms. The fourth-order valence-electron chi connectivity index (χ4n) is 2.42. The maximum Gasteiger partial charge on any atom is 2.00 e. The topological polar surface area (TPSA) is 0 Å². The monoisotopic (exact) mass is 284 g/mol. The molecule has 2 heteroatoms. The molecule has 1 saturated carbocycles. The van der Waals surface area contributed by atoms with Crippen LogP contribution in [0.4, 0.5) is 0 Å². The van der Waals surface area contributed by atoms with Crippen molar-refractivity contribution in [1.82, 2.24) is 0 Å². The standard InChI is InChI=1S/C13H25.BrH.Mg/c1-3-5-7-12-9-10-13(11-12)8-6-4-2;;/h11-13H,3-10H2,1-2H3;1H;/q-1;;+2/p-1. The Kier molecular flexibility index (Phi) is 14.5. The zero-order valence-electron chi connectivity index (χ0n) is 10.5. The number of hydrogen-bond acceptors (Lipinski definition) is 0. The summed E-state index contributed by atoms with van der Waals surface area (Å²) in [6.45, 7) is 4.59. The summed E-state index contributed by atoms with van der Waals surface area (Å²) in [6, 6.07) is 0. The predicted octanol–water partition coefficient (Wildman–Crippen LogP) is 1.22. The van der Waals surface area contributed by atoms with Crippen LogP contribution in [0.1, 0.15) is 65.2 Å². The summed E-state index contributed by atoms with van der Waals surface area (Å²) in [7, 11) is 0. The van der Waals surface area contributed by atoms with Gasteiger partial charge in [0.2, 0.25) is 0 Å². The van der Waals surface area contributed by atoms with Crippen molar-refractivity contribution >= 4 is 23.1 Å². The second kappa shape index (κ2) is 11.7. The van der Waals surface area contributed by atoms with Crippen molar-refractivity contribution in [2.45, 2.75) is 65.2 Å². The molecule has 0 heterocycles. The number of rotatable bonds is 6. The Morgan fingerprint density at radius 3 is 1.67 bits per heavy atom. The minimum absolute atomic E-state index is 0. The van der Waals surface area contributed by atoms with Crippen LogP contribution < -0.4 is 17.0 Å². The SMILES string of the molecule is CCCCC1[CH-]C(CCCC)CC1.[Br-].[Mg+2]. The Morgan fingerprint density at radius 1 is 0.933 bits per heavy atom. The molecule has 2 atom stereocenters. The molecule has 15 heavy (non-hydrogen) atoms. The third kappa shape index (κ3) is 8.04. The smallest absolute Gasteiger partial charge is 1.00 e. The van der Waals surface area contributed by atoms with E-state index in [1.54, 1.807) is 0 Å². The van der Waals surface area contributed by atoms with Crippen LogP contribution in [0, 0.1) is 18.3 Å². The normalized spacial score (nSPS) is 24.4. The van der Waals surface area contributed by atoms with Crippen LogP contribution in [0.3, 0.4) is 0 Å². The van der Waals surface area contributed by atoms with E-state index in [0.29, 0.717) is 0 Å². The van der Waals surface area contributed by atoms with Gasteiger partial charge in [0.15, 0.2) is 0 Å². The molecule has 1 rings (SSSR count). The van der Waals surface area contributed by atoms with Gasteiger partial charge in [-0.3, -0.25) is 0 Å². The molecular weight excluding hydrogens is 260 g/mol. The number of unbranched alkanes of at least 4 members (excludes halogenated alkanes) is 2. The Balaban J connectivity index is 0. The van der Waals surface area contributed by atoms with Crippen molar-refractivity contribution in [1.29, 1.82) is 0 Å². The van der Waals surface area contributed by atoms with E-state index in [2.05, 4.69) is 20.3 Å². The second-order valence-electron chi connectivity index (χ2n) is 4.57. The first-order valence-electron chi connectivity index (χ1n) is 6.21. The van der Waals surface area contributed by atoms with Gasteiger partial charge in [-0.25, -0.2) is 0 Å². The summed E-state index contributed by atoms with van der Waals surface area (Å²) in [4.78, 5) is 0. The van der Waals surface area contributed by atoms with Crippen LogP contribution in [0.2, 0.25) is 0 Å². The molecule has 0 aromatic heterocycles. The van der Waals surface area contributed by atoms with E-state index < -0.39 is 0 Å². The molecule has 2 unspecified atom stereocenters. The summed E-state index contributed by atoms with van der Waals surface area (Å²) in [5, 5.41) is 0. The first kappa shape index (κ1) is 18.6. The molecule has 0 aromatic rings. The number of hydrogen-bond donors (Lipinski definition) is 0. The van der Waals surface area contributed by atoms with Crippen molar-refractivity contribution in [3.8, 4) is 0 Å². The molecule has 1 fully saturated rings. The van der Waals surface area contributed by atoms with Crippen molar-refractivity contribution in [2.24, 2.45) is 11.8 Å². The van der Waals surface area contributed by atoms with Gasteiger partial charge in [-0.1, -0.05) is 65.2 Å². The van der Waals surface area contributed by atoms with Crippen molar-refractivity contribution in [3.05, 3.63) is 6.42 Å². The summed E-state index contributed by atoms with van der Waals surface area (Å²) in [6.07, 6.45) is 14.1. The average Bonchev–Trinajstić information content (AvgIpc) is 2.59. The summed E-state index contributed by atoms with van der Waals surface area (Å²) in [5.74, 6) is 1.95. The van der Waals surface area contributed by atoms with Gasteiger partial charge in [-0.05, 0) is 0 Å². The average molecular weight is 286 g/mol. The first-order chi connectivity index (χ1) is 6.36. The molecule has 0 aliphatic heterocycles. The minimum atomic E-state index is 0. The van der Waals surface area contributed by atoms with Crippen molar-refractivity contribution in [3.63, 3.8) is 0 Å². The van der Waals surface area contributed by atoms with Gasteiger partial charge in [-0.15, -0.1) is 0 Å². The largest absolute Gasteiger partial charge is 2.00 e. The Bertz CT molecular complexity index is 114. The predicted molar refractivity (Wildman–Crippen MR) is 65.3 cm³/mol. The van der Waals surface area contributed by atoms with Gasteiger partial charge in [-0.2, -0.15) is 11.8 Å². The first-order valence-corrected chi connectivity index (χ1v) is 6.21. The van der Waals surface area contributed by atoms with Gasteiger partial charge >= 0.3 is 23.1 Å². The Labute approximate surface area is 123 Å². The minimum Gasteiger partial charge on any atom is -1.00 e. The molecular formula is C13H25BrMg. The molecule has 0 amide bonds. The molecule has 0 saturated heterocycles. The zero-order chi connectivity index (χ0) is 9.52. The Morgan fingerprint density at radius 2 is 1.33 bits per heavy atom. The molecule has 0 radical (unpaired) electrons. The van der Waals surface area contributed by atoms with Gasteiger partial charge in [0.05, 0.1) is 0 Å².